The predicted molar refractivity (Wildman–Crippen MR) is 106 cm³/mol. The quantitative estimate of drug-likeness (QED) is 0.641. The van der Waals surface area contributed by atoms with Crippen LogP contribution in [0, 0.1) is 0 Å². The Balaban J connectivity index is 1.51. The number of ether oxygens (including phenoxy) is 1. The monoisotopic (exact) mass is 415 g/mol. The molecule has 5 rings (SSSR count). The van der Waals surface area contributed by atoms with E-state index in [1.165, 1.54) is 4.57 Å². The molecule has 3 aromatic rings. The zero-order chi connectivity index (χ0) is 20.7. The third-order valence-corrected chi connectivity index (χ3v) is 5.85. The van der Waals surface area contributed by atoms with Gasteiger partial charge in [-0.1, -0.05) is 12.1 Å². The highest BCUT2D eigenvalue weighted by Crippen LogP contribution is 2.32. The van der Waals surface area contributed by atoms with Crippen molar-refractivity contribution in [3.8, 4) is 0 Å². The molecule has 0 radical (unpaired) electrons. The van der Waals surface area contributed by atoms with Crippen LogP contribution >= 0.6 is 0 Å². The van der Waals surface area contributed by atoms with Gasteiger partial charge in [-0.05, 0) is 37.6 Å². The molecule has 0 amide bonds. The highest BCUT2D eigenvalue weighted by molar-refractivity contribution is 5.77. The second kappa shape index (κ2) is 7.88. The van der Waals surface area contributed by atoms with Crippen molar-refractivity contribution in [3.05, 3.63) is 57.9 Å². The Morgan fingerprint density at radius 1 is 1.23 bits per heavy atom. The number of hydrogen-bond donors (Lipinski definition) is 0. The predicted octanol–water partition coefficient (Wildman–Crippen LogP) is 2.73. The third kappa shape index (κ3) is 3.52. The molecule has 9 heteroatoms. The maximum Gasteiger partial charge on any atom is 0.261 e. The van der Waals surface area contributed by atoms with Crippen LogP contribution in [0.5, 0.6) is 0 Å². The maximum atomic E-state index is 13.3. The van der Waals surface area contributed by atoms with Crippen molar-refractivity contribution < 1.29 is 13.5 Å². The van der Waals surface area contributed by atoms with Crippen LogP contribution in [0.2, 0.25) is 0 Å². The lowest BCUT2D eigenvalue weighted by Crippen LogP contribution is -2.33. The number of alkyl halides is 2. The molecular weight excluding hydrogens is 392 g/mol. The lowest BCUT2D eigenvalue weighted by Gasteiger charge is -2.26. The summed E-state index contributed by atoms with van der Waals surface area (Å²) < 4.78 is 35.2. The average molecular weight is 415 g/mol. The van der Waals surface area contributed by atoms with Crippen molar-refractivity contribution in [3.63, 3.8) is 0 Å². The summed E-state index contributed by atoms with van der Waals surface area (Å²) >= 11 is 0. The molecule has 0 saturated carbocycles. The zero-order valence-corrected chi connectivity index (χ0v) is 16.5. The van der Waals surface area contributed by atoms with E-state index in [9.17, 15) is 13.6 Å². The molecule has 1 fully saturated rings. The fourth-order valence-electron chi connectivity index (χ4n) is 4.50. The Kier molecular flexibility index (Phi) is 5.08. The molecule has 2 aromatic heterocycles. The Labute approximate surface area is 171 Å². The fourth-order valence-corrected chi connectivity index (χ4v) is 4.50. The van der Waals surface area contributed by atoms with Crippen LogP contribution in [0.1, 0.15) is 36.1 Å². The van der Waals surface area contributed by atoms with Crippen LogP contribution in [-0.2, 0) is 31.0 Å². The summed E-state index contributed by atoms with van der Waals surface area (Å²) in [7, 11) is 0. The van der Waals surface area contributed by atoms with Crippen LogP contribution in [0.15, 0.2) is 35.1 Å². The van der Waals surface area contributed by atoms with Crippen LogP contribution < -0.4 is 5.56 Å². The number of para-hydroxylation sites is 1. The van der Waals surface area contributed by atoms with Gasteiger partial charge in [-0.3, -0.25) is 18.9 Å². The third-order valence-electron chi connectivity index (χ3n) is 5.85. The van der Waals surface area contributed by atoms with E-state index in [1.54, 1.807) is 24.3 Å². The van der Waals surface area contributed by atoms with Gasteiger partial charge in [-0.25, -0.2) is 13.8 Å². The van der Waals surface area contributed by atoms with Gasteiger partial charge in [-0.15, -0.1) is 0 Å². The smallest absolute Gasteiger partial charge is 0.261 e. The van der Waals surface area contributed by atoms with Crippen LogP contribution in [0.4, 0.5) is 8.78 Å². The number of rotatable bonds is 5. The Morgan fingerprint density at radius 3 is 2.93 bits per heavy atom. The summed E-state index contributed by atoms with van der Waals surface area (Å²) in [5, 5.41) is 5.04. The van der Waals surface area contributed by atoms with Gasteiger partial charge in [0.25, 0.3) is 12.0 Å². The topological polar surface area (TPSA) is 65.2 Å². The highest BCUT2D eigenvalue weighted by Gasteiger charge is 2.31. The molecule has 7 nitrogen and oxygen atoms in total. The molecule has 2 aliphatic rings. The summed E-state index contributed by atoms with van der Waals surface area (Å²) in [5.41, 5.74) is 2.11. The van der Waals surface area contributed by atoms with Crippen molar-refractivity contribution in [2.24, 2.45) is 0 Å². The summed E-state index contributed by atoms with van der Waals surface area (Å²) in [6.45, 7) is 2.69. The second-order valence-corrected chi connectivity index (χ2v) is 7.83. The van der Waals surface area contributed by atoms with E-state index in [0.29, 0.717) is 36.5 Å². The van der Waals surface area contributed by atoms with Crippen molar-refractivity contribution >= 4 is 10.9 Å². The van der Waals surface area contributed by atoms with E-state index in [1.807, 2.05) is 10.7 Å². The molecule has 0 bridgehead atoms. The lowest BCUT2D eigenvalue weighted by molar-refractivity contribution is 0.0799. The number of hydrogen-bond acceptors (Lipinski definition) is 5. The van der Waals surface area contributed by atoms with Gasteiger partial charge in [0.15, 0.2) is 0 Å². The standard InChI is InChI=1S/C21H23F2N5O2/c22-19(23)12-27-20(24-17-5-2-1-4-16(17)21(27)29)18-6-3-7-26(18)11-14-10-15-13-30-9-8-28(15)25-14/h1-2,4-5,10,18-19H,3,6-9,11-13H2. The van der Waals surface area contributed by atoms with Crippen molar-refractivity contribution in [1.29, 1.82) is 0 Å². The van der Waals surface area contributed by atoms with Gasteiger partial charge in [0, 0.05) is 6.54 Å². The fraction of sp³-hybridized carbons (Fsp3) is 0.476. The zero-order valence-electron chi connectivity index (χ0n) is 16.5. The van der Waals surface area contributed by atoms with Crippen molar-refractivity contribution in [1.82, 2.24) is 24.2 Å². The molecule has 2 aliphatic heterocycles. The number of likely N-dealkylation sites (tertiary alicyclic amines) is 1. The van der Waals surface area contributed by atoms with Gasteiger partial charge in [0.2, 0.25) is 0 Å². The minimum absolute atomic E-state index is 0.198. The normalized spacial score (nSPS) is 19.6. The Bertz CT molecular complexity index is 1100. The number of benzene rings is 1. The van der Waals surface area contributed by atoms with E-state index in [4.69, 9.17) is 4.74 Å². The molecule has 4 heterocycles. The molecule has 1 unspecified atom stereocenters. The van der Waals surface area contributed by atoms with Crippen molar-refractivity contribution in [2.45, 2.75) is 51.6 Å². The van der Waals surface area contributed by atoms with E-state index in [2.05, 4.69) is 15.0 Å². The molecule has 0 aliphatic carbocycles. The minimum Gasteiger partial charge on any atom is -0.373 e. The van der Waals surface area contributed by atoms with Crippen LogP contribution in [0.3, 0.4) is 0 Å². The molecule has 1 saturated heterocycles. The molecule has 30 heavy (non-hydrogen) atoms. The minimum atomic E-state index is -2.63. The SMILES string of the molecule is O=c1c2ccccc2nc(C2CCCN2Cc2cc3n(n2)CCOC3)n1CC(F)F. The van der Waals surface area contributed by atoms with Gasteiger partial charge in [-0.2, -0.15) is 5.10 Å². The largest absolute Gasteiger partial charge is 0.373 e. The number of halogens is 2. The Hall–Kier alpha value is -2.65. The summed E-state index contributed by atoms with van der Waals surface area (Å²) in [5.74, 6) is 0.420. The van der Waals surface area contributed by atoms with Crippen LogP contribution in [0.25, 0.3) is 10.9 Å². The summed E-state index contributed by atoms with van der Waals surface area (Å²) in [6.07, 6.45) is -0.942. The number of fused-ring (bicyclic) bond motifs is 2. The summed E-state index contributed by atoms with van der Waals surface area (Å²) in [6, 6.07) is 8.77. The highest BCUT2D eigenvalue weighted by atomic mass is 19.3. The van der Waals surface area contributed by atoms with Crippen LogP contribution in [-0.4, -0.2) is 43.8 Å². The first-order valence-corrected chi connectivity index (χ1v) is 10.2. The Morgan fingerprint density at radius 2 is 2.10 bits per heavy atom. The van der Waals surface area contributed by atoms with E-state index in [-0.39, 0.29) is 6.04 Å². The van der Waals surface area contributed by atoms with E-state index >= 15 is 0 Å². The van der Waals surface area contributed by atoms with Crippen molar-refractivity contribution in [2.75, 3.05) is 13.2 Å². The van der Waals surface area contributed by atoms with Gasteiger partial charge in [0.1, 0.15) is 5.82 Å². The first-order valence-electron chi connectivity index (χ1n) is 10.2. The van der Waals surface area contributed by atoms with Gasteiger partial charge < -0.3 is 4.74 Å². The lowest BCUT2D eigenvalue weighted by atomic mass is 10.1. The molecule has 0 spiro atoms. The van der Waals surface area contributed by atoms with E-state index < -0.39 is 18.5 Å². The summed E-state index contributed by atoms with van der Waals surface area (Å²) in [4.78, 5) is 19.8. The molecule has 1 atom stereocenters. The first-order chi connectivity index (χ1) is 14.6. The number of aromatic nitrogens is 4. The van der Waals surface area contributed by atoms with Gasteiger partial charge in [0.05, 0.1) is 54.6 Å². The first kappa shape index (κ1) is 19.3. The van der Waals surface area contributed by atoms with Gasteiger partial charge >= 0.3 is 0 Å². The molecule has 158 valence electrons. The number of nitrogens with zero attached hydrogens (tertiary/aromatic N) is 5. The molecule has 0 N–H and O–H groups in total. The van der Waals surface area contributed by atoms with E-state index in [0.717, 1.165) is 37.3 Å². The second-order valence-electron chi connectivity index (χ2n) is 7.83. The molecular formula is C21H23F2N5O2. The molecule has 1 aromatic carbocycles. The average Bonchev–Trinajstić information content (AvgIpc) is 3.36. The maximum absolute atomic E-state index is 13.3.